The molecule has 0 unspecified atom stereocenters. The Morgan fingerprint density at radius 1 is 1.29 bits per heavy atom. The van der Waals surface area contributed by atoms with Crippen LogP contribution >= 0.6 is 15.9 Å². The fourth-order valence-corrected chi connectivity index (χ4v) is 2.59. The number of benzene rings is 2. The molecule has 0 aliphatic rings. The van der Waals surface area contributed by atoms with Crippen molar-refractivity contribution < 1.29 is 14.6 Å². The first-order valence-corrected chi connectivity index (χ1v) is 7.17. The van der Waals surface area contributed by atoms with Gasteiger partial charge in [-0.2, -0.15) is 0 Å². The minimum atomic E-state index is -0.941. The van der Waals surface area contributed by atoms with Crippen molar-refractivity contribution in [2.24, 2.45) is 0 Å². The van der Waals surface area contributed by atoms with Gasteiger partial charge in [0.1, 0.15) is 5.75 Å². The van der Waals surface area contributed by atoms with E-state index in [2.05, 4.69) is 15.9 Å². The van der Waals surface area contributed by atoms with Crippen LogP contribution in [0.4, 0.5) is 5.69 Å². The molecule has 1 N–H and O–H groups in total. The lowest BCUT2D eigenvalue weighted by Gasteiger charge is -2.20. The van der Waals surface area contributed by atoms with E-state index in [-0.39, 0.29) is 5.56 Å². The predicted molar refractivity (Wildman–Crippen MR) is 86.2 cm³/mol. The number of carboxylic acid groups (broad SMARTS) is 1. The van der Waals surface area contributed by atoms with Crippen LogP contribution in [-0.2, 0) is 6.54 Å². The lowest BCUT2D eigenvalue weighted by atomic mass is 10.1. The lowest BCUT2D eigenvalue weighted by molar-refractivity contribution is 0.0696. The number of carboxylic acids is 1. The summed E-state index contributed by atoms with van der Waals surface area (Å²) in [7, 11) is 3.60. The Labute approximate surface area is 132 Å². The number of aromatic carboxylic acids is 1. The monoisotopic (exact) mass is 349 g/mol. The van der Waals surface area contributed by atoms with Crippen LogP contribution < -0.4 is 9.64 Å². The van der Waals surface area contributed by atoms with Crippen LogP contribution in [0, 0.1) is 0 Å². The molecule has 2 aromatic carbocycles. The van der Waals surface area contributed by atoms with Crippen LogP contribution in [0.1, 0.15) is 15.9 Å². The number of hydrogen-bond acceptors (Lipinski definition) is 3. The summed E-state index contributed by atoms with van der Waals surface area (Å²) in [5, 5.41) is 9.03. The Hall–Kier alpha value is -2.01. The van der Waals surface area contributed by atoms with Crippen LogP contribution in [0.3, 0.4) is 0 Å². The van der Waals surface area contributed by atoms with E-state index in [1.165, 1.54) is 0 Å². The van der Waals surface area contributed by atoms with Gasteiger partial charge in [0.25, 0.3) is 0 Å². The Kier molecular flexibility index (Phi) is 4.85. The highest BCUT2D eigenvalue weighted by molar-refractivity contribution is 9.10. The van der Waals surface area contributed by atoms with Crippen molar-refractivity contribution in [3.8, 4) is 5.75 Å². The SMILES string of the molecule is COc1cccc(CN(C)c2ccc(C(=O)O)c(Br)c2)c1. The van der Waals surface area contributed by atoms with Crippen molar-refractivity contribution in [1.82, 2.24) is 0 Å². The second-order valence-electron chi connectivity index (χ2n) is 4.68. The fourth-order valence-electron chi connectivity index (χ4n) is 2.05. The number of nitrogens with zero attached hydrogens (tertiary/aromatic N) is 1. The highest BCUT2D eigenvalue weighted by atomic mass is 79.9. The second-order valence-corrected chi connectivity index (χ2v) is 5.53. The topological polar surface area (TPSA) is 49.8 Å². The molecule has 0 fully saturated rings. The first-order valence-electron chi connectivity index (χ1n) is 6.38. The number of halogens is 1. The van der Waals surface area contributed by atoms with Gasteiger partial charge in [-0.25, -0.2) is 4.79 Å². The second kappa shape index (κ2) is 6.63. The van der Waals surface area contributed by atoms with E-state index < -0.39 is 5.97 Å². The molecule has 0 spiro atoms. The van der Waals surface area contributed by atoms with Crippen molar-refractivity contribution in [2.75, 3.05) is 19.1 Å². The van der Waals surface area contributed by atoms with Gasteiger partial charge in [0.2, 0.25) is 0 Å². The van der Waals surface area contributed by atoms with E-state index >= 15 is 0 Å². The molecule has 0 saturated heterocycles. The van der Waals surface area contributed by atoms with Crippen molar-refractivity contribution in [1.29, 1.82) is 0 Å². The van der Waals surface area contributed by atoms with Gasteiger partial charge >= 0.3 is 5.97 Å². The maximum absolute atomic E-state index is 11.0. The average Bonchev–Trinajstić information content (AvgIpc) is 2.46. The highest BCUT2D eigenvalue weighted by Crippen LogP contribution is 2.25. The van der Waals surface area contributed by atoms with Crippen molar-refractivity contribution >= 4 is 27.6 Å². The molecule has 0 bridgehead atoms. The molecular formula is C16H16BrNO3. The summed E-state index contributed by atoms with van der Waals surface area (Å²) >= 11 is 3.30. The Morgan fingerprint density at radius 3 is 2.67 bits per heavy atom. The maximum atomic E-state index is 11.0. The van der Waals surface area contributed by atoms with Gasteiger partial charge < -0.3 is 14.7 Å². The third kappa shape index (κ3) is 3.76. The fraction of sp³-hybridized carbons (Fsp3) is 0.188. The molecule has 0 heterocycles. The molecule has 0 saturated carbocycles. The number of hydrogen-bond donors (Lipinski definition) is 1. The molecule has 0 aliphatic heterocycles. The molecule has 2 rings (SSSR count). The summed E-state index contributed by atoms with van der Waals surface area (Å²) < 4.78 is 5.79. The predicted octanol–water partition coefficient (Wildman–Crippen LogP) is 3.79. The molecule has 0 aliphatic carbocycles. The summed E-state index contributed by atoms with van der Waals surface area (Å²) in [5.41, 5.74) is 2.32. The van der Waals surface area contributed by atoms with Gasteiger partial charge in [0, 0.05) is 23.8 Å². The van der Waals surface area contributed by atoms with Gasteiger partial charge in [-0.05, 0) is 51.8 Å². The first-order chi connectivity index (χ1) is 10.0. The molecule has 21 heavy (non-hydrogen) atoms. The van der Waals surface area contributed by atoms with Crippen LogP contribution in [0.15, 0.2) is 46.9 Å². The molecule has 0 radical (unpaired) electrons. The van der Waals surface area contributed by atoms with E-state index in [9.17, 15) is 4.79 Å². The lowest BCUT2D eigenvalue weighted by Crippen LogP contribution is -2.16. The van der Waals surface area contributed by atoms with Gasteiger partial charge in [0.05, 0.1) is 12.7 Å². The third-order valence-corrected chi connectivity index (χ3v) is 3.83. The molecule has 4 nitrogen and oxygen atoms in total. The Balaban J connectivity index is 2.18. The minimum absolute atomic E-state index is 0.258. The molecule has 0 atom stereocenters. The summed E-state index contributed by atoms with van der Waals surface area (Å²) in [6.45, 7) is 0.704. The zero-order chi connectivity index (χ0) is 15.4. The van der Waals surface area contributed by atoms with Crippen LogP contribution in [0.2, 0.25) is 0 Å². The number of rotatable bonds is 5. The van der Waals surface area contributed by atoms with Gasteiger partial charge in [-0.3, -0.25) is 0 Å². The van der Waals surface area contributed by atoms with Crippen LogP contribution in [-0.4, -0.2) is 25.2 Å². The van der Waals surface area contributed by atoms with E-state index in [1.54, 1.807) is 19.2 Å². The summed E-state index contributed by atoms with van der Waals surface area (Å²) in [5.74, 6) is -0.118. The van der Waals surface area contributed by atoms with Crippen LogP contribution in [0.25, 0.3) is 0 Å². The van der Waals surface area contributed by atoms with Gasteiger partial charge in [0.15, 0.2) is 0 Å². The quantitative estimate of drug-likeness (QED) is 0.891. The van der Waals surface area contributed by atoms with Crippen LogP contribution in [0.5, 0.6) is 5.75 Å². The maximum Gasteiger partial charge on any atom is 0.336 e. The number of ether oxygens (including phenoxy) is 1. The molecule has 110 valence electrons. The zero-order valence-corrected chi connectivity index (χ0v) is 13.4. The third-order valence-electron chi connectivity index (χ3n) is 3.18. The Morgan fingerprint density at radius 2 is 2.05 bits per heavy atom. The van der Waals surface area contributed by atoms with E-state index in [0.717, 1.165) is 17.0 Å². The van der Waals surface area contributed by atoms with Crippen molar-refractivity contribution in [2.45, 2.75) is 6.54 Å². The first kappa shape index (κ1) is 15.4. The van der Waals surface area contributed by atoms with Crippen molar-refractivity contribution in [3.05, 3.63) is 58.1 Å². The molecule has 0 amide bonds. The van der Waals surface area contributed by atoms with E-state index in [4.69, 9.17) is 9.84 Å². The molecule has 2 aromatic rings. The summed E-state index contributed by atoms with van der Waals surface area (Å²) in [6, 6.07) is 13.1. The van der Waals surface area contributed by atoms with E-state index in [1.807, 2.05) is 42.3 Å². The molecule has 0 aromatic heterocycles. The Bertz CT molecular complexity index is 658. The normalized spacial score (nSPS) is 10.2. The van der Waals surface area contributed by atoms with Crippen molar-refractivity contribution in [3.63, 3.8) is 0 Å². The smallest absolute Gasteiger partial charge is 0.336 e. The largest absolute Gasteiger partial charge is 0.497 e. The number of anilines is 1. The highest BCUT2D eigenvalue weighted by Gasteiger charge is 2.10. The molecular weight excluding hydrogens is 334 g/mol. The van der Waals surface area contributed by atoms with Gasteiger partial charge in [-0.15, -0.1) is 0 Å². The summed E-state index contributed by atoms with van der Waals surface area (Å²) in [6.07, 6.45) is 0. The standard InChI is InChI=1S/C16H16BrNO3/c1-18(10-11-4-3-5-13(8-11)21-2)12-6-7-14(16(19)20)15(17)9-12/h3-9H,10H2,1-2H3,(H,19,20). The average molecular weight is 350 g/mol. The van der Waals surface area contributed by atoms with E-state index in [0.29, 0.717) is 11.0 Å². The minimum Gasteiger partial charge on any atom is -0.497 e. The number of carbonyl (C=O) groups is 1. The molecule has 5 heteroatoms. The summed E-state index contributed by atoms with van der Waals surface area (Å²) in [4.78, 5) is 13.1. The zero-order valence-electron chi connectivity index (χ0n) is 11.8. The number of methoxy groups -OCH3 is 1. The van der Waals surface area contributed by atoms with Gasteiger partial charge in [-0.1, -0.05) is 12.1 Å².